The van der Waals surface area contributed by atoms with E-state index in [0.29, 0.717) is 41.4 Å². The first-order valence-electron chi connectivity index (χ1n) is 14.4. The Balaban J connectivity index is 1.32. The van der Waals surface area contributed by atoms with Gasteiger partial charge in [0.05, 0.1) is 5.69 Å². The SMILES string of the molecule is Cc1nc(-c2ncccn2)cn1CC(=O)N(c1cccc(F)c1)C12CCc3cccc(c31)N(C1CCC(F)(F)CC1)C2=O. The molecule has 2 aromatic carbocycles. The molecule has 0 spiro atoms. The summed E-state index contributed by atoms with van der Waals surface area (Å²) in [6.45, 7) is 1.58. The molecule has 8 nitrogen and oxygen atoms in total. The van der Waals surface area contributed by atoms with Crippen molar-refractivity contribution in [3.05, 3.63) is 89.9 Å². The molecule has 220 valence electrons. The van der Waals surface area contributed by atoms with E-state index in [1.165, 1.54) is 23.1 Å². The van der Waals surface area contributed by atoms with Crippen LogP contribution in [0.15, 0.2) is 67.1 Å². The van der Waals surface area contributed by atoms with Gasteiger partial charge in [-0.1, -0.05) is 18.2 Å². The minimum absolute atomic E-state index is 0.158. The summed E-state index contributed by atoms with van der Waals surface area (Å²) in [7, 11) is 0. The summed E-state index contributed by atoms with van der Waals surface area (Å²) in [6.07, 6.45) is 5.45. The Hall–Kier alpha value is -4.54. The third-order valence-corrected chi connectivity index (χ3v) is 8.96. The van der Waals surface area contributed by atoms with Crippen molar-refractivity contribution in [3.63, 3.8) is 0 Å². The number of imidazole rings is 1. The van der Waals surface area contributed by atoms with Crippen LogP contribution in [-0.4, -0.2) is 43.3 Å². The molecule has 1 unspecified atom stereocenters. The third-order valence-electron chi connectivity index (χ3n) is 8.96. The molecule has 0 N–H and O–H groups in total. The molecule has 2 amide bonds. The Labute approximate surface area is 246 Å². The van der Waals surface area contributed by atoms with Crippen LogP contribution in [0.25, 0.3) is 11.5 Å². The second kappa shape index (κ2) is 10.0. The Kier molecular flexibility index (Phi) is 6.37. The van der Waals surface area contributed by atoms with Crippen LogP contribution >= 0.6 is 0 Å². The van der Waals surface area contributed by atoms with Crippen molar-refractivity contribution in [1.82, 2.24) is 19.5 Å². The van der Waals surface area contributed by atoms with E-state index >= 15 is 0 Å². The number of carbonyl (C=O) groups excluding carboxylic acids is 2. The predicted molar refractivity (Wildman–Crippen MR) is 153 cm³/mol. The highest BCUT2D eigenvalue weighted by Gasteiger charge is 2.61. The second-order valence-corrected chi connectivity index (χ2v) is 11.5. The van der Waals surface area contributed by atoms with Crippen molar-refractivity contribution < 1.29 is 22.8 Å². The number of hydrogen-bond donors (Lipinski definition) is 0. The maximum absolute atomic E-state index is 14.7. The van der Waals surface area contributed by atoms with Crippen molar-refractivity contribution in [1.29, 1.82) is 0 Å². The van der Waals surface area contributed by atoms with E-state index in [-0.39, 0.29) is 43.8 Å². The number of anilines is 2. The van der Waals surface area contributed by atoms with Gasteiger partial charge in [-0.15, -0.1) is 0 Å². The largest absolute Gasteiger partial charge is 0.325 e. The topological polar surface area (TPSA) is 84.2 Å². The molecule has 4 aromatic rings. The first-order valence-corrected chi connectivity index (χ1v) is 14.4. The van der Waals surface area contributed by atoms with Gasteiger partial charge in [0, 0.05) is 48.7 Å². The van der Waals surface area contributed by atoms with E-state index in [4.69, 9.17) is 0 Å². The first-order chi connectivity index (χ1) is 20.7. The van der Waals surface area contributed by atoms with E-state index < -0.39 is 29.2 Å². The lowest BCUT2D eigenvalue weighted by Gasteiger charge is -2.40. The van der Waals surface area contributed by atoms with Crippen molar-refractivity contribution in [2.75, 3.05) is 9.80 Å². The van der Waals surface area contributed by atoms with Gasteiger partial charge in [-0.25, -0.2) is 28.1 Å². The smallest absolute Gasteiger partial charge is 0.258 e. The van der Waals surface area contributed by atoms with Gasteiger partial charge >= 0.3 is 0 Å². The van der Waals surface area contributed by atoms with Crippen LogP contribution in [0.2, 0.25) is 0 Å². The van der Waals surface area contributed by atoms with Gasteiger partial charge < -0.3 is 9.47 Å². The summed E-state index contributed by atoms with van der Waals surface area (Å²) in [6, 6.07) is 12.6. The van der Waals surface area contributed by atoms with Crippen LogP contribution in [0.1, 0.15) is 49.1 Å². The fourth-order valence-corrected chi connectivity index (χ4v) is 7.02. The molecule has 0 bridgehead atoms. The molecule has 3 heterocycles. The van der Waals surface area contributed by atoms with Gasteiger partial charge in [-0.05, 0) is 68.5 Å². The Morgan fingerprint density at radius 1 is 1.05 bits per heavy atom. The van der Waals surface area contributed by atoms with E-state index in [9.17, 15) is 22.8 Å². The number of nitrogens with zero attached hydrogens (tertiary/aromatic N) is 6. The van der Waals surface area contributed by atoms with Crippen LogP contribution in [0.5, 0.6) is 0 Å². The number of alkyl halides is 2. The zero-order valence-electron chi connectivity index (χ0n) is 23.5. The van der Waals surface area contributed by atoms with E-state index in [1.807, 2.05) is 18.2 Å². The molecule has 0 radical (unpaired) electrons. The van der Waals surface area contributed by atoms with E-state index in [0.717, 1.165) is 5.56 Å². The summed E-state index contributed by atoms with van der Waals surface area (Å²) < 4.78 is 44.6. The molecule has 2 aromatic heterocycles. The Morgan fingerprint density at radius 3 is 2.53 bits per heavy atom. The Morgan fingerprint density at radius 2 is 1.79 bits per heavy atom. The maximum atomic E-state index is 14.7. The highest BCUT2D eigenvalue weighted by atomic mass is 19.3. The molecule has 11 heteroatoms. The normalized spacial score (nSPS) is 20.8. The molecule has 1 aliphatic heterocycles. The van der Waals surface area contributed by atoms with Crippen LogP contribution < -0.4 is 9.80 Å². The van der Waals surface area contributed by atoms with Crippen LogP contribution in [-0.2, 0) is 28.1 Å². The summed E-state index contributed by atoms with van der Waals surface area (Å²) in [5.41, 5.74) is 1.58. The molecule has 1 saturated carbocycles. The lowest BCUT2D eigenvalue weighted by molar-refractivity contribution is -0.129. The number of benzene rings is 2. The van der Waals surface area contributed by atoms with Crippen molar-refractivity contribution >= 4 is 23.2 Å². The molecule has 7 rings (SSSR count). The maximum Gasteiger partial charge on any atom is 0.258 e. The summed E-state index contributed by atoms with van der Waals surface area (Å²) in [4.78, 5) is 45.3. The fraction of sp³-hybridized carbons (Fsp3) is 0.344. The molecule has 1 atom stereocenters. The number of hydrogen-bond acceptors (Lipinski definition) is 5. The van der Waals surface area contributed by atoms with Gasteiger partial charge in [0.2, 0.25) is 11.8 Å². The quantitative estimate of drug-likeness (QED) is 0.294. The number of rotatable bonds is 6. The number of carbonyl (C=O) groups is 2. The number of aryl methyl sites for hydroxylation is 2. The van der Waals surface area contributed by atoms with Crippen molar-refractivity contribution in [3.8, 4) is 11.5 Å². The average Bonchev–Trinajstić information content (AvgIpc) is 3.63. The minimum atomic E-state index is -2.76. The summed E-state index contributed by atoms with van der Waals surface area (Å²) in [5.74, 6) is -3.11. The number of aromatic nitrogens is 4. The standard InChI is InChI=1S/C32H29F3N6O2/c1-20-38-25(29-36-15-4-16-37-29)18-39(20)19-27(42)41(24-7-3-6-22(33)17-24)32-14-9-21-5-2-8-26(28(21)32)40(30(32)43)23-10-12-31(34,35)13-11-23/h2-8,15-18,23H,9-14,19H2,1H3. The van der Waals surface area contributed by atoms with Gasteiger partial charge in [-0.3, -0.25) is 14.5 Å². The third kappa shape index (κ3) is 4.40. The fourth-order valence-electron chi connectivity index (χ4n) is 7.02. The lowest BCUT2D eigenvalue weighted by atomic mass is 9.89. The molecule has 43 heavy (non-hydrogen) atoms. The molecular formula is C32H29F3N6O2. The second-order valence-electron chi connectivity index (χ2n) is 11.5. The average molecular weight is 587 g/mol. The molecular weight excluding hydrogens is 557 g/mol. The van der Waals surface area contributed by atoms with Gasteiger partial charge in [0.1, 0.15) is 23.9 Å². The van der Waals surface area contributed by atoms with Crippen LogP contribution in [0.3, 0.4) is 0 Å². The van der Waals surface area contributed by atoms with Gasteiger partial charge in [0.15, 0.2) is 11.4 Å². The minimum Gasteiger partial charge on any atom is -0.325 e. The van der Waals surface area contributed by atoms with Crippen LogP contribution in [0.4, 0.5) is 24.5 Å². The molecule has 2 aliphatic carbocycles. The zero-order valence-corrected chi connectivity index (χ0v) is 23.5. The lowest BCUT2D eigenvalue weighted by Crippen LogP contribution is -2.57. The van der Waals surface area contributed by atoms with Gasteiger partial charge in [-0.2, -0.15) is 0 Å². The first kappa shape index (κ1) is 27.3. The Bertz CT molecular complexity index is 1730. The highest BCUT2D eigenvalue weighted by molar-refractivity contribution is 6.16. The molecule has 1 fully saturated rings. The molecule has 0 saturated heterocycles. The monoisotopic (exact) mass is 586 g/mol. The number of halogens is 3. The van der Waals surface area contributed by atoms with E-state index in [1.54, 1.807) is 47.1 Å². The number of amides is 2. The van der Waals surface area contributed by atoms with Gasteiger partial charge in [0.25, 0.3) is 5.91 Å². The van der Waals surface area contributed by atoms with Crippen molar-refractivity contribution in [2.45, 2.75) is 69.5 Å². The zero-order chi connectivity index (χ0) is 29.9. The van der Waals surface area contributed by atoms with Crippen LogP contribution in [0, 0.1) is 12.7 Å². The van der Waals surface area contributed by atoms with E-state index in [2.05, 4.69) is 15.0 Å². The molecule has 3 aliphatic rings. The van der Waals surface area contributed by atoms with Crippen molar-refractivity contribution in [2.24, 2.45) is 0 Å². The predicted octanol–water partition coefficient (Wildman–Crippen LogP) is 5.59. The summed E-state index contributed by atoms with van der Waals surface area (Å²) >= 11 is 0. The highest BCUT2D eigenvalue weighted by Crippen LogP contribution is 2.55. The summed E-state index contributed by atoms with van der Waals surface area (Å²) in [5, 5.41) is 0.